The molecule has 7 rings (SSSR count). The van der Waals surface area contributed by atoms with E-state index in [0.29, 0.717) is 49.2 Å². The average Bonchev–Trinajstić information content (AvgIpc) is 3.56. The molecule has 0 radical (unpaired) electrons. The molecule has 0 aromatic rings. The topological polar surface area (TPSA) is 170 Å². The van der Waals surface area contributed by atoms with Gasteiger partial charge in [-0.05, 0) is 69.2 Å². The van der Waals surface area contributed by atoms with E-state index in [4.69, 9.17) is 47.4 Å². The summed E-state index contributed by atoms with van der Waals surface area (Å²) in [4.78, 5) is 14.3. The maximum Gasteiger partial charge on any atom is 0.316 e. The van der Waals surface area contributed by atoms with Gasteiger partial charge in [0.15, 0.2) is 18.4 Å². The van der Waals surface area contributed by atoms with Gasteiger partial charge in [-0.2, -0.15) is 0 Å². The number of aliphatic hydroxyl groups is 3. The van der Waals surface area contributed by atoms with E-state index in [-0.39, 0.29) is 36.8 Å². The molecule has 14 heteroatoms. The maximum atomic E-state index is 14.3. The van der Waals surface area contributed by atoms with Gasteiger partial charge in [0, 0.05) is 51.7 Å². The van der Waals surface area contributed by atoms with Crippen molar-refractivity contribution in [3.05, 3.63) is 59.3 Å². The second-order valence-electron chi connectivity index (χ2n) is 19.3. The second-order valence-corrected chi connectivity index (χ2v) is 19.3. The van der Waals surface area contributed by atoms with Gasteiger partial charge in [0.05, 0.1) is 49.3 Å². The first kappa shape index (κ1) is 47.6. The highest BCUT2D eigenvalue weighted by molar-refractivity contribution is 5.78. The lowest BCUT2D eigenvalue weighted by Gasteiger charge is -2.47. The Balaban J connectivity index is 1.18. The van der Waals surface area contributed by atoms with Crippen LogP contribution in [0, 0.1) is 23.7 Å². The van der Waals surface area contributed by atoms with Crippen molar-refractivity contribution in [2.75, 3.05) is 20.8 Å². The van der Waals surface area contributed by atoms with Gasteiger partial charge in [0.2, 0.25) is 0 Å². The van der Waals surface area contributed by atoms with Gasteiger partial charge >= 0.3 is 5.97 Å². The van der Waals surface area contributed by atoms with Gasteiger partial charge in [-0.25, -0.2) is 0 Å². The summed E-state index contributed by atoms with van der Waals surface area (Å²) in [5.74, 6) is -2.41. The first-order valence-electron chi connectivity index (χ1n) is 22.8. The fourth-order valence-electron chi connectivity index (χ4n) is 10.5. The Kier molecular flexibility index (Phi) is 15.1. The molecular weight excluding hydrogens is 801 g/mol. The van der Waals surface area contributed by atoms with Crippen LogP contribution >= 0.6 is 0 Å². The van der Waals surface area contributed by atoms with E-state index in [9.17, 15) is 20.1 Å². The molecule has 348 valence electrons. The third-order valence-electron chi connectivity index (χ3n) is 14.1. The molecule has 0 amide bonds. The predicted molar refractivity (Wildman–Crippen MR) is 227 cm³/mol. The van der Waals surface area contributed by atoms with E-state index in [0.717, 1.165) is 12.0 Å². The minimum Gasteiger partial charge on any atom is -0.462 e. The normalized spacial score (nSPS) is 48.7. The van der Waals surface area contributed by atoms with Crippen LogP contribution in [0.2, 0.25) is 0 Å². The first-order valence-corrected chi connectivity index (χ1v) is 22.8. The van der Waals surface area contributed by atoms with Crippen LogP contribution in [0.25, 0.3) is 0 Å². The smallest absolute Gasteiger partial charge is 0.316 e. The molecule has 6 aliphatic heterocycles. The van der Waals surface area contributed by atoms with Gasteiger partial charge in [-0.15, -0.1) is 0 Å². The van der Waals surface area contributed by atoms with Crippen LogP contribution in [0.1, 0.15) is 93.9 Å². The number of fused-ring (bicyclic) bond motifs is 2. The van der Waals surface area contributed by atoms with Gasteiger partial charge in [0.1, 0.15) is 42.0 Å². The predicted octanol–water partition coefficient (Wildman–Crippen LogP) is 5.38. The molecule has 18 unspecified atom stereocenters. The quantitative estimate of drug-likeness (QED) is 0.210. The van der Waals surface area contributed by atoms with Crippen molar-refractivity contribution in [1.82, 2.24) is 0 Å². The summed E-state index contributed by atoms with van der Waals surface area (Å²) in [5.41, 5.74) is 0.135. The van der Waals surface area contributed by atoms with Gasteiger partial charge < -0.3 is 62.7 Å². The lowest BCUT2D eigenvalue weighted by atomic mass is 9.71. The molecule has 1 spiro atoms. The van der Waals surface area contributed by atoms with Crippen molar-refractivity contribution >= 4 is 5.97 Å². The summed E-state index contributed by atoms with van der Waals surface area (Å²) in [6.07, 6.45) is 8.47. The fraction of sp³-hybridized carbons (Fsp3) is 0.771. The second kappa shape index (κ2) is 19.7. The molecule has 0 saturated carbocycles. The highest BCUT2D eigenvalue weighted by Crippen LogP contribution is 2.47. The lowest BCUT2D eigenvalue weighted by Crippen LogP contribution is -2.58. The summed E-state index contributed by atoms with van der Waals surface area (Å²) in [6.45, 7) is 16.1. The summed E-state index contributed by atoms with van der Waals surface area (Å²) in [7, 11) is 3.22. The summed E-state index contributed by atoms with van der Waals surface area (Å²) in [6, 6.07) is 0. The summed E-state index contributed by atoms with van der Waals surface area (Å²) in [5, 5.41) is 34.2. The zero-order valence-electron chi connectivity index (χ0n) is 38.2. The highest BCUT2D eigenvalue weighted by atomic mass is 16.7. The third-order valence-corrected chi connectivity index (χ3v) is 14.1. The van der Waals surface area contributed by atoms with Crippen molar-refractivity contribution in [3.8, 4) is 0 Å². The first-order chi connectivity index (χ1) is 29.4. The van der Waals surface area contributed by atoms with Gasteiger partial charge in [-0.1, -0.05) is 64.2 Å². The number of carbonyl (C=O) groups is 1. The Bertz CT molecular complexity index is 1720. The molecule has 7 aliphatic rings. The fourth-order valence-corrected chi connectivity index (χ4v) is 10.5. The minimum atomic E-state index is -1.83. The van der Waals surface area contributed by atoms with Crippen LogP contribution in [0.3, 0.4) is 0 Å². The van der Waals surface area contributed by atoms with E-state index >= 15 is 0 Å². The molecule has 19 atom stereocenters. The molecule has 14 nitrogen and oxygen atoms in total. The van der Waals surface area contributed by atoms with Crippen LogP contribution in [0.15, 0.2) is 59.3 Å². The van der Waals surface area contributed by atoms with Crippen LogP contribution in [-0.2, 0) is 52.2 Å². The number of ether oxygens (including phenoxy) is 10. The number of aliphatic hydroxyl groups excluding tert-OH is 2. The molecular formula is C48H72O14. The molecule has 0 aromatic carbocycles. The van der Waals surface area contributed by atoms with Crippen LogP contribution in [0.5, 0.6) is 0 Å². The third kappa shape index (κ3) is 9.92. The average molecular weight is 873 g/mol. The standard InChI is InChI=1S/C48H72O14/c1-25(2)18-36-26(3)16-17-47(62-36)23-34-20-33(61-47)15-14-28(5)43(27(4)12-11-13-32-24-55-45-41(49)29(6)19-35(46(51)58-34)48(32,45)52)59-40-22-38(54-10)44(31(8)57-40)60-39-21-37(53-9)42(50)30(7)56-39/h11-14,16-17,19,25-27,30-31,33-45,49-50,52H,15,18,20-24H2,1-10H3/b12-11+,28-14+,32-13+/t26?,27?,30?,31?,33?,34?,35?,36?,37?,38?,39?,40?,41?,42?,43-,44?,45?,47?,48?/m0/s1. The van der Waals surface area contributed by atoms with E-state index < -0.39 is 90.8 Å². The van der Waals surface area contributed by atoms with Gasteiger partial charge in [0.25, 0.3) is 0 Å². The largest absolute Gasteiger partial charge is 0.462 e. The molecule has 0 aromatic heterocycles. The molecule has 1 aliphatic carbocycles. The Morgan fingerprint density at radius 3 is 2.31 bits per heavy atom. The highest BCUT2D eigenvalue weighted by Gasteiger charge is 2.60. The van der Waals surface area contributed by atoms with E-state index in [1.165, 1.54) is 0 Å². The van der Waals surface area contributed by atoms with Crippen molar-refractivity contribution in [3.63, 3.8) is 0 Å². The number of allylic oxidation sites excluding steroid dienone is 2. The Hall–Kier alpha value is -2.31. The zero-order valence-corrected chi connectivity index (χ0v) is 38.2. The summed E-state index contributed by atoms with van der Waals surface area (Å²) < 4.78 is 63.6. The van der Waals surface area contributed by atoms with E-state index in [1.54, 1.807) is 40.2 Å². The van der Waals surface area contributed by atoms with Crippen molar-refractivity contribution < 1.29 is 67.5 Å². The number of rotatable bonds is 8. The maximum absolute atomic E-state index is 14.3. The number of hydrogen-bond acceptors (Lipinski definition) is 14. The molecule has 3 N–H and O–H groups in total. The number of carbonyl (C=O) groups excluding carboxylic acids is 1. The Morgan fingerprint density at radius 1 is 0.871 bits per heavy atom. The zero-order chi connectivity index (χ0) is 44.7. The Morgan fingerprint density at radius 2 is 1.58 bits per heavy atom. The molecule has 6 heterocycles. The number of hydrogen-bond donors (Lipinski definition) is 3. The minimum absolute atomic E-state index is 0.0319. The molecule has 4 saturated heterocycles. The van der Waals surface area contributed by atoms with Crippen molar-refractivity contribution in [2.24, 2.45) is 23.7 Å². The van der Waals surface area contributed by atoms with Gasteiger partial charge in [-0.3, -0.25) is 4.79 Å². The monoisotopic (exact) mass is 872 g/mol. The van der Waals surface area contributed by atoms with Crippen molar-refractivity contribution in [2.45, 2.75) is 191 Å². The van der Waals surface area contributed by atoms with E-state index in [2.05, 4.69) is 39.8 Å². The van der Waals surface area contributed by atoms with E-state index in [1.807, 2.05) is 32.1 Å². The SMILES string of the molecule is COC1CC(OC2C(C)OC(O[C@@H]3/C(C)=C/CC4CC(CC5(C=CC(C)C(CC(C)C)O5)O4)OC(=O)C4C=C(C)C(O)C5OC/C(=C\C=C\C3C)C45O)CC2OC)OC(C)C1O. The molecule has 2 bridgehead atoms. The summed E-state index contributed by atoms with van der Waals surface area (Å²) >= 11 is 0. The van der Waals surface area contributed by atoms with Crippen molar-refractivity contribution in [1.29, 1.82) is 0 Å². The molecule has 62 heavy (non-hydrogen) atoms. The lowest BCUT2D eigenvalue weighted by molar-refractivity contribution is -0.318. The number of esters is 1. The molecule has 4 fully saturated rings. The van der Waals surface area contributed by atoms with Crippen LogP contribution in [-0.4, -0.2) is 139 Å². The van der Waals surface area contributed by atoms with Crippen LogP contribution < -0.4 is 0 Å². The van der Waals surface area contributed by atoms with Crippen LogP contribution in [0.4, 0.5) is 0 Å². The Labute approximate surface area is 367 Å². The number of methoxy groups -OCH3 is 2.